The number of hydrazine groups is 1. The monoisotopic (exact) mass is 223 g/mol. The molecule has 0 fully saturated rings. The van der Waals surface area contributed by atoms with E-state index in [1.54, 1.807) is 12.4 Å². The SMILES string of the molecule is NNc1cnc(CSc2ncn[nH]2)cn1. The van der Waals surface area contributed by atoms with Crippen molar-refractivity contribution >= 4 is 17.6 Å². The van der Waals surface area contributed by atoms with Crippen LogP contribution in [-0.4, -0.2) is 25.1 Å². The molecule has 78 valence electrons. The lowest BCUT2D eigenvalue weighted by Crippen LogP contribution is -2.08. The molecule has 2 rings (SSSR count). The second-order valence-corrected chi connectivity index (χ2v) is 3.58. The van der Waals surface area contributed by atoms with E-state index >= 15 is 0 Å². The van der Waals surface area contributed by atoms with Gasteiger partial charge in [0.1, 0.15) is 6.33 Å². The molecule has 0 amide bonds. The van der Waals surface area contributed by atoms with Gasteiger partial charge in [-0.15, -0.1) is 0 Å². The third kappa shape index (κ3) is 2.64. The van der Waals surface area contributed by atoms with Crippen LogP contribution in [0.4, 0.5) is 5.82 Å². The van der Waals surface area contributed by atoms with E-state index in [2.05, 4.69) is 30.6 Å². The fourth-order valence-electron chi connectivity index (χ4n) is 0.910. The van der Waals surface area contributed by atoms with Crippen LogP contribution < -0.4 is 11.3 Å². The van der Waals surface area contributed by atoms with E-state index in [4.69, 9.17) is 5.84 Å². The van der Waals surface area contributed by atoms with E-state index in [-0.39, 0.29) is 0 Å². The van der Waals surface area contributed by atoms with Crippen molar-refractivity contribution < 1.29 is 0 Å². The molecule has 0 atom stereocenters. The Morgan fingerprint density at radius 2 is 2.27 bits per heavy atom. The van der Waals surface area contributed by atoms with Crippen LogP contribution in [0.3, 0.4) is 0 Å². The van der Waals surface area contributed by atoms with E-state index in [0.29, 0.717) is 11.6 Å². The first-order chi connectivity index (χ1) is 7.38. The molecule has 0 unspecified atom stereocenters. The minimum absolute atomic E-state index is 0.545. The molecule has 2 aromatic heterocycles. The number of H-pyrrole nitrogens is 1. The second-order valence-electron chi connectivity index (χ2n) is 2.62. The molecule has 15 heavy (non-hydrogen) atoms. The number of hydrogen-bond acceptors (Lipinski definition) is 7. The van der Waals surface area contributed by atoms with Crippen LogP contribution in [0, 0.1) is 0 Å². The number of nitrogens with zero attached hydrogens (tertiary/aromatic N) is 4. The maximum atomic E-state index is 5.17. The minimum atomic E-state index is 0.545. The highest BCUT2D eigenvalue weighted by molar-refractivity contribution is 7.98. The Kier molecular flexibility index (Phi) is 3.10. The number of nitrogens with two attached hydrogens (primary N) is 1. The smallest absolute Gasteiger partial charge is 0.183 e. The van der Waals surface area contributed by atoms with Gasteiger partial charge in [0.25, 0.3) is 0 Å². The Balaban J connectivity index is 1.93. The third-order valence-corrected chi connectivity index (χ3v) is 2.51. The summed E-state index contributed by atoms with van der Waals surface area (Å²) in [6.07, 6.45) is 4.71. The number of thioether (sulfide) groups is 1. The lowest BCUT2D eigenvalue weighted by molar-refractivity contribution is 0.970. The van der Waals surface area contributed by atoms with Gasteiger partial charge in [-0.2, -0.15) is 5.10 Å². The normalized spacial score (nSPS) is 10.2. The summed E-state index contributed by atoms with van der Waals surface area (Å²) < 4.78 is 0. The van der Waals surface area contributed by atoms with Gasteiger partial charge in [-0.25, -0.2) is 15.8 Å². The zero-order chi connectivity index (χ0) is 10.5. The highest BCUT2D eigenvalue weighted by atomic mass is 32.2. The van der Waals surface area contributed by atoms with Gasteiger partial charge in [0, 0.05) is 5.75 Å². The standard InChI is InChI=1S/C7H9N7S/c8-13-6-2-9-5(1-10-6)3-15-7-11-4-12-14-7/h1-2,4H,3,8H2,(H,10,13)(H,11,12,14). The summed E-state index contributed by atoms with van der Waals surface area (Å²) in [5.74, 6) is 6.40. The predicted octanol–water partition coefficient (Wildman–Crippen LogP) is 0.173. The zero-order valence-corrected chi connectivity index (χ0v) is 8.53. The fraction of sp³-hybridized carbons (Fsp3) is 0.143. The van der Waals surface area contributed by atoms with Gasteiger partial charge in [0.2, 0.25) is 0 Å². The summed E-state index contributed by atoms with van der Waals surface area (Å²) in [7, 11) is 0. The Hall–Kier alpha value is -1.67. The number of hydrogen-bond donors (Lipinski definition) is 3. The molecule has 8 heteroatoms. The number of aromatic amines is 1. The van der Waals surface area contributed by atoms with Gasteiger partial charge >= 0.3 is 0 Å². The fourth-order valence-corrected chi connectivity index (χ4v) is 1.58. The van der Waals surface area contributed by atoms with Gasteiger partial charge in [-0.3, -0.25) is 10.1 Å². The number of nitrogens with one attached hydrogen (secondary N) is 2. The van der Waals surface area contributed by atoms with Crippen molar-refractivity contribution in [1.82, 2.24) is 25.1 Å². The van der Waals surface area contributed by atoms with Crippen molar-refractivity contribution in [1.29, 1.82) is 0 Å². The second kappa shape index (κ2) is 4.71. The van der Waals surface area contributed by atoms with Gasteiger partial charge in [0.15, 0.2) is 11.0 Å². The minimum Gasteiger partial charge on any atom is -0.307 e. The number of aromatic nitrogens is 5. The molecule has 2 aromatic rings. The van der Waals surface area contributed by atoms with E-state index in [0.717, 1.165) is 10.9 Å². The van der Waals surface area contributed by atoms with Gasteiger partial charge in [-0.05, 0) is 0 Å². The third-order valence-electron chi connectivity index (χ3n) is 1.60. The Morgan fingerprint density at radius 1 is 1.33 bits per heavy atom. The number of anilines is 1. The van der Waals surface area contributed by atoms with E-state index in [9.17, 15) is 0 Å². The summed E-state index contributed by atoms with van der Waals surface area (Å²) in [5.41, 5.74) is 3.27. The van der Waals surface area contributed by atoms with Crippen LogP contribution in [0.5, 0.6) is 0 Å². The first kappa shape index (κ1) is 9.87. The van der Waals surface area contributed by atoms with Crippen molar-refractivity contribution in [3.8, 4) is 0 Å². The molecule has 0 aliphatic carbocycles. The average molecular weight is 223 g/mol. The van der Waals surface area contributed by atoms with Gasteiger partial charge in [0.05, 0.1) is 18.1 Å². The maximum absolute atomic E-state index is 5.17. The quantitative estimate of drug-likeness (QED) is 0.385. The highest BCUT2D eigenvalue weighted by Crippen LogP contribution is 2.16. The van der Waals surface area contributed by atoms with Crippen molar-refractivity contribution in [2.45, 2.75) is 10.9 Å². The van der Waals surface area contributed by atoms with E-state index in [1.807, 2.05) is 0 Å². The summed E-state index contributed by atoms with van der Waals surface area (Å²) in [6.45, 7) is 0. The van der Waals surface area contributed by atoms with Crippen LogP contribution in [0.2, 0.25) is 0 Å². The van der Waals surface area contributed by atoms with Crippen molar-refractivity contribution in [2.24, 2.45) is 5.84 Å². The summed E-state index contributed by atoms with van der Waals surface area (Å²) >= 11 is 1.51. The molecule has 0 saturated carbocycles. The molecule has 0 saturated heterocycles. The molecule has 0 bridgehead atoms. The van der Waals surface area contributed by atoms with Crippen molar-refractivity contribution in [2.75, 3.05) is 5.43 Å². The molecular formula is C7H9N7S. The molecule has 7 nitrogen and oxygen atoms in total. The van der Waals surface area contributed by atoms with Crippen LogP contribution in [0.15, 0.2) is 23.9 Å². The molecule has 0 aromatic carbocycles. The van der Waals surface area contributed by atoms with Gasteiger partial charge in [-0.1, -0.05) is 11.8 Å². The van der Waals surface area contributed by atoms with E-state index in [1.165, 1.54) is 18.1 Å². The lowest BCUT2D eigenvalue weighted by Gasteiger charge is -2.00. The van der Waals surface area contributed by atoms with Crippen LogP contribution >= 0.6 is 11.8 Å². The first-order valence-corrected chi connectivity index (χ1v) is 5.13. The molecule has 2 heterocycles. The van der Waals surface area contributed by atoms with Crippen LogP contribution in [0.1, 0.15) is 5.69 Å². The molecular weight excluding hydrogens is 214 g/mol. The first-order valence-electron chi connectivity index (χ1n) is 4.14. The summed E-state index contributed by atoms with van der Waals surface area (Å²) in [6, 6.07) is 0. The zero-order valence-electron chi connectivity index (χ0n) is 7.71. The molecule has 4 N–H and O–H groups in total. The average Bonchev–Trinajstić information content (AvgIpc) is 2.80. The largest absolute Gasteiger partial charge is 0.307 e. The molecule has 0 aliphatic heterocycles. The molecule has 0 spiro atoms. The Labute approximate surface area is 89.9 Å². The molecule has 0 radical (unpaired) electrons. The van der Waals surface area contributed by atoms with Crippen LogP contribution in [0.25, 0.3) is 0 Å². The number of rotatable bonds is 4. The summed E-state index contributed by atoms with van der Waals surface area (Å²) in [4.78, 5) is 12.2. The molecule has 0 aliphatic rings. The van der Waals surface area contributed by atoms with Crippen molar-refractivity contribution in [3.05, 3.63) is 24.4 Å². The van der Waals surface area contributed by atoms with Crippen molar-refractivity contribution in [3.63, 3.8) is 0 Å². The Bertz CT molecular complexity index is 398. The topological polar surface area (TPSA) is 105 Å². The maximum Gasteiger partial charge on any atom is 0.183 e. The van der Waals surface area contributed by atoms with Gasteiger partial charge < -0.3 is 5.43 Å². The number of nitrogen functional groups attached to an aromatic ring is 1. The highest BCUT2D eigenvalue weighted by Gasteiger charge is 2.00. The van der Waals surface area contributed by atoms with E-state index < -0.39 is 0 Å². The van der Waals surface area contributed by atoms with Crippen LogP contribution in [-0.2, 0) is 5.75 Å². The summed E-state index contributed by atoms with van der Waals surface area (Å²) in [5, 5.41) is 7.26. The lowest BCUT2D eigenvalue weighted by atomic mass is 10.5. The predicted molar refractivity (Wildman–Crippen MR) is 55.8 cm³/mol. The Morgan fingerprint density at radius 3 is 2.87 bits per heavy atom.